The molecule has 2 rings (SSSR count). The summed E-state index contributed by atoms with van der Waals surface area (Å²) >= 11 is 0. The number of aryl methyl sites for hydroxylation is 1. The quantitative estimate of drug-likeness (QED) is 0.847. The van der Waals surface area contributed by atoms with Crippen LogP contribution in [0.4, 0.5) is 5.95 Å². The Morgan fingerprint density at radius 3 is 2.72 bits per heavy atom. The largest absolute Gasteiger partial charge is 0.507 e. The van der Waals surface area contributed by atoms with E-state index in [1.54, 1.807) is 24.4 Å². The van der Waals surface area contributed by atoms with Crippen LogP contribution < -0.4 is 5.32 Å². The number of phenols is 1. The number of amides is 1. The van der Waals surface area contributed by atoms with Crippen molar-refractivity contribution >= 4 is 11.9 Å². The topological polar surface area (TPSA) is 75.1 Å². The number of rotatable bonds is 2. The number of nitrogens with one attached hydrogen (secondary N) is 1. The lowest BCUT2D eigenvalue weighted by Crippen LogP contribution is -2.10. The van der Waals surface area contributed by atoms with Crippen molar-refractivity contribution in [3.63, 3.8) is 0 Å². The maximum Gasteiger partial charge on any atom is 0.229 e. The van der Waals surface area contributed by atoms with Crippen molar-refractivity contribution in [2.45, 2.75) is 13.8 Å². The Balaban J connectivity index is 2.50. The van der Waals surface area contributed by atoms with Crippen molar-refractivity contribution in [1.82, 2.24) is 9.97 Å². The van der Waals surface area contributed by atoms with Crippen molar-refractivity contribution in [2.75, 3.05) is 5.32 Å². The van der Waals surface area contributed by atoms with E-state index in [0.717, 1.165) is 5.56 Å². The third kappa shape index (κ3) is 2.45. The van der Waals surface area contributed by atoms with Gasteiger partial charge in [0.2, 0.25) is 11.9 Å². The molecular formula is C13H13N3O2. The first-order valence-corrected chi connectivity index (χ1v) is 5.47. The van der Waals surface area contributed by atoms with Crippen LogP contribution in [0.15, 0.2) is 30.5 Å². The van der Waals surface area contributed by atoms with Crippen molar-refractivity contribution < 1.29 is 9.90 Å². The minimum atomic E-state index is -0.234. The predicted molar refractivity (Wildman–Crippen MR) is 68.2 cm³/mol. The van der Waals surface area contributed by atoms with E-state index >= 15 is 0 Å². The van der Waals surface area contributed by atoms with Crippen LogP contribution in [0.2, 0.25) is 0 Å². The summed E-state index contributed by atoms with van der Waals surface area (Å²) in [5, 5.41) is 12.3. The van der Waals surface area contributed by atoms with Crippen LogP contribution in [0.5, 0.6) is 5.75 Å². The summed E-state index contributed by atoms with van der Waals surface area (Å²) in [7, 11) is 0. The average Bonchev–Trinajstić information content (AvgIpc) is 2.32. The standard InChI is InChI=1S/C13H13N3O2/c1-8-7-14-13(15-9(2)17)16-12(8)10-5-3-4-6-11(10)18/h3-7,18H,1-2H3,(H,14,15,16,17). The minimum Gasteiger partial charge on any atom is -0.507 e. The van der Waals surface area contributed by atoms with Gasteiger partial charge in [0.05, 0.1) is 5.69 Å². The van der Waals surface area contributed by atoms with Crippen LogP contribution in [0.3, 0.4) is 0 Å². The molecule has 0 fully saturated rings. The molecular weight excluding hydrogens is 230 g/mol. The Kier molecular flexibility index (Phi) is 3.23. The molecule has 0 radical (unpaired) electrons. The second-order valence-corrected chi connectivity index (χ2v) is 3.92. The van der Waals surface area contributed by atoms with E-state index in [9.17, 15) is 9.90 Å². The van der Waals surface area contributed by atoms with Gasteiger partial charge in [-0.1, -0.05) is 12.1 Å². The zero-order valence-electron chi connectivity index (χ0n) is 10.1. The van der Waals surface area contributed by atoms with Crippen LogP contribution in [0, 0.1) is 6.92 Å². The Morgan fingerprint density at radius 1 is 1.33 bits per heavy atom. The van der Waals surface area contributed by atoms with E-state index in [1.165, 1.54) is 6.92 Å². The summed E-state index contributed by atoms with van der Waals surface area (Å²) in [6.07, 6.45) is 1.61. The number of benzene rings is 1. The summed E-state index contributed by atoms with van der Waals surface area (Å²) in [5.74, 6) is 0.140. The summed E-state index contributed by atoms with van der Waals surface area (Å²) < 4.78 is 0. The van der Waals surface area contributed by atoms with Crippen molar-refractivity contribution in [1.29, 1.82) is 0 Å². The second kappa shape index (κ2) is 4.83. The van der Waals surface area contributed by atoms with Gasteiger partial charge in [-0.05, 0) is 24.6 Å². The van der Waals surface area contributed by atoms with Crippen LogP contribution in [0.1, 0.15) is 12.5 Å². The van der Waals surface area contributed by atoms with Gasteiger partial charge in [-0.15, -0.1) is 0 Å². The lowest BCUT2D eigenvalue weighted by Gasteiger charge is -2.08. The first-order chi connectivity index (χ1) is 8.58. The van der Waals surface area contributed by atoms with Crippen LogP contribution in [-0.4, -0.2) is 21.0 Å². The molecule has 0 unspecified atom stereocenters. The molecule has 2 aromatic rings. The fourth-order valence-electron chi connectivity index (χ4n) is 1.61. The van der Waals surface area contributed by atoms with E-state index in [4.69, 9.17) is 0 Å². The van der Waals surface area contributed by atoms with Gasteiger partial charge in [0, 0.05) is 18.7 Å². The fourth-order valence-corrected chi connectivity index (χ4v) is 1.61. The van der Waals surface area contributed by atoms with Crippen molar-refractivity contribution in [3.8, 4) is 17.0 Å². The van der Waals surface area contributed by atoms with E-state index in [0.29, 0.717) is 11.3 Å². The molecule has 18 heavy (non-hydrogen) atoms. The lowest BCUT2D eigenvalue weighted by atomic mass is 10.1. The SMILES string of the molecule is CC(=O)Nc1ncc(C)c(-c2ccccc2O)n1. The normalized spacial score (nSPS) is 10.1. The molecule has 0 aliphatic rings. The van der Waals surface area contributed by atoms with E-state index in [1.807, 2.05) is 13.0 Å². The summed E-state index contributed by atoms with van der Waals surface area (Å²) in [5.41, 5.74) is 2.04. The first-order valence-electron chi connectivity index (χ1n) is 5.47. The molecule has 0 aliphatic heterocycles. The molecule has 2 N–H and O–H groups in total. The van der Waals surface area contributed by atoms with Gasteiger partial charge in [0.1, 0.15) is 5.75 Å². The molecule has 92 valence electrons. The Hall–Kier alpha value is -2.43. The van der Waals surface area contributed by atoms with Crippen LogP contribution in [0.25, 0.3) is 11.3 Å². The molecule has 0 saturated carbocycles. The highest BCUT2D eigenvalue weighted by Gasteiger charge is 2.10. The fraction of sp³-hybridized carbons (Fsp3) is 0.154. The molecule has 0 saturated heterocycles. The molecule has 1 heterocycles. The highest BCUT2D eigenvalue weighted by atomic mass is 16.3. The molecule has 0 spiro atoms. The Morgan fingerprint density at radius 2 is 2.06 bits per heavy atom. The van der Waals surface area contributed by atoms with E-state index in [-0.39, 0.29) is 17.6 Å². The molecule has 0 atom stereocenters. The number of phenolic OH excluding ortho intramolecular Hbond substituents is 1. The number of anilines is 1. The smallest absolute Gasteiger partial charge is 0.229 e. The van der Waals surface area contributed by atoms with Crippen LogP contribution >= 0.6 is 0 Å². The number of hydrogen-bond donors (Lipinski definition) is 2. The Bertz CT molecular complexity index is 597. The third-order valence-corrected chi connectivity index (χ3v) is 2.42. The average molecular weight is 243 g/mol. The molecule has 5 nitrogen and oxygen atoms in total. The van der Waals surface area contributed by atoms with Gasteiger partial charge >= 0.3 is 0 Å². The highest BCUT2D eigenvalue weighted by molar-refractivity contribution is 5.87. The van der Waals surface area contributed by atoms with Gasteiger partial charge in [-0.25, -0.2) is 9.97 Å². The predicted octanol–water partition coefficient (Wildman–Crippen LogP) is 2.12. The molecule has 1 aromatic heterocycles. The van der Waals surface area contributed by atoms with E-state index < -0.39 is 0 Å². The maximum absolute atomic E-state index is 11.0. The zero-order valence-corrected chi connectivity index (χ0v) is 10.1. The maximum atomic E-state index is 11.0. The van der Waals surface area contributed by atoms with Crippen molar-refractivity contribution in [3.05, 3.63) is 36.0 Å². The van der Waals surface area contributed by atoms with Crippen LogP contribution in [-0.2, 0) is 4.79 Å². The first kappa shape index (κ1) is 12.0. The van der Waals surface area contributed by atoms with Gasteiger partial charge in [-0.2, -0.15) is 0 Å². The van der Waals surface area contributed by atoms with E-state index in [2.05, 4.69) is 15.3 Å². The molecule has 1 amide bonds. The van der Waals surface area contributed by atoms with Crippen molar-refractivity contribution in [2.24, 2.45) is 0 Å². The summed E-state index contributed by atoms with van der Waals surface area (Å²) in [6.45, 7) is 3.24. The number of para-hydroxylation sites is 1. The van der Waals surface area contributed by atoms with Gasteiger partial charge < -0.3 is 5.11 Å². The second-order valence-electron chi connectivity index (χ2n) is 3.92. The monoisotopic (exact) mass is 243 g/mol. The van der Waals surface area contributed by atoms with Gasteiger partial charge in [0.25, 0.3) is 0 Å². The Labute approximate surface area is 105 Å². The van der Waals surface area contributed by atoms with Gasteiger partial charge in [0.15, 0.2) is 0 Å². The molecule has 0 bridgehead atoms. The third-order valence-electron chi connectivity index (χ3n) is 2.42. The lowest BCUT2D eigenvalue weighted by molar-refractivity contribution is -0.114. The molecule has 5 heteroatoms. The number of hydrogen-bond acceptors (Lipinski definition) is 4. The highest BCUT2D eigenvalue weighted by Crippen LogP contribution is 2.29. The number of nitrogens with zero attached hydrogens (tertiary/aromatic N) is 2. The number of carbonyl (C=O) groups excluding carboxylic acids is 1. The molecule has 0 aliphatic carbocycles. The summed E-state index contributed by atoms with van der Waals surface area (Å²) in [6, 6.07) is 6.91. The number of carbonyl (C=O) groups is 1. The molecule has 1 aromatic carbocycles. The zero-order chi connectivity index (χ0) is 13.1. The van der Waals surface area contributed by atoms with Gasteiger partial charge in [-0.3, -0.25) is 10.1 Å². The minimum absolute atomic E-state index is 0.146. The number of aromatic nitrogens is 2. The number of aromatic hydroxyl groups is 1. The summed E-state index contributed by atoms with van der Waals surface area (Å²) in [4.78, 5) is 19.2.